The van der Waals surface area contributed by atoms with E-state index in [1.54, 1.807) is 23.6 Å². The summed E-state index contributed by atoms with van der Waals surface area (Å²) < 4.78 is 0.546. The molecule has 0 atom stereocenters. The number of carbonyl (C=O) groups excluding carboxylic acids is 2. The Morgan fingerprint density at radius 1 is 1.18 bits per heavy atom. The van der Waals surface area contributed by atoms with Gasteiger partial charge in [-0.15, -0.1) is 11.3 Å². The summed E-state index contributed by atoms with van der Waals surface area (Å²) in [4.78, 5) is 27.3. The predicted octanol–water partition coefficient (Wildman–Crippen LogP) is 3.25. The molecule has 2 aromatic rings. The van der Waals surface area contributed by atoms with Gasteiger partial charge in [0.2, 0.25) is 0 Å². The van der Waals surface area contributed by atoms with Gasteiger partial charge in [-0.2, -0.15) is 0 Å². The molecule has 0 aliphatic rings. The molecule has 0 radical (unpaired) electrons. The lowest BCUT2D eigenvalue weighted by Crippen LogP contribution is -2.07. The summed E-state index contributed by atoms with van der Waals surface area (Å²) in [6, 6.07) is 4.76. The van der Waals surface area contributed by atoms with Crippen LogP contribution in [0.15, 0.2) is 36.0 Å². The zero-order valence-corrected chi connectivity index (χ0v) is 10.3. The summed E-state index contributed by atoms with van der Waals surface area (Å²) in [5, 5.41) is 1.66. The van der Waals surface area contributed by atoms with Crippen molar-refractivity contribution < 1.29 is 9.59 Å². The molecular weight excluding hydrogens is 258 g/mol. The number of halogens is 1. The number of hydrogen-bond donors (Lipinski definition) is 0. The Kier molecular flexibility index (Phi) is 3.66. The third-order valence-corrected chi connectivity index (χ3v) is 3.30. The van der Waals surface area contributed by atoms with Crippen molar-refractivity contribution in [1.82, 2.24) is 4.98 Å². The van der Waals surface area contributed by atoms with Gasteiger partial charge in [0, 0.05) is 28.9 Å². The Bertz CT molecular complexity index is 551. The van der Waals surface area contributed by atoms with Crippen molar-refractivity contribution in [2.75, 3.05) is 0 Å². The van der Waals surface area contributed by atoms with E-state index in [2.05, 4.69) is 4.98 Å². The number of rotatable bonds is 4. The third-order valence-electron chi connectivity index (χ3n) is 2.21. The highest BCUT2D eigenvalue weighted by molar-refractivity contribution is 7.14. The highest BCUT2D eigenvalue weighted by Crippen LogP contribution is 2.21. The molecule has 0 bridgehead atoms. The molecule has 2 aromatic heterocycles. The van der Waals surface area contributed by atoms with Crippen molar-refractivity contribution in [1.29, 1.82) is 0 Å². The van der Waals surface area contributed by atoms with Gasteiger partial charge in [0.05, 0.1) is 10.8 Å². The van der Waals surface area contributed by atoms with Gasteiger partial charge < -0.3 is 0 Å². The van der Waals surface area contributed by atoms with Crippen LogP contribution in [0.5, 0.6) is 0 Å². The van der Waals surface area contributed by atoms with Gasteiger partial charge in [-0.3, -0.25) is 14.6 Å². The molecule has 3 nitrogen and oxygen atoms in total. The van der Waals surface area contributed by atoms with Crippen molar-refractivity contribution in [2.24, 2.45) is 0 Å². The fraction of sp³-hybridized carbons (Fsp3) is 0.0833. The molecule has 0 aromatic carbocycles. The quantitative estimate of drug-likeness (QED) is 0.630. The van der Waals surface area contributed by atoms with Crippen LogP contribution in [0.1, 0.15) is 27.1 Å². The minimum atomic E-state index is -0.213. The molecule has 0 amide bonds. The average Bonchev–Trinajstić information content (AvgIpc) is 2.77. The van der Waals surface area contributed by atoms with Gasteiger partial charge >= 0.3 is 0 Å². The van der Waals surface area contributed by atoms with Gasteiger partial charge in [-0.25, -0.2) is 0 Å². The second-order valence-electron chi connectivity index (χ2n) is 3.40. The van der Waals surface area contributed by atoms with E-state index in [1.807, 2.05) is 0 Å². The minimum Gasteiger partial charge on any atom is -0.294 e. The lowest BCUT2D eigenvalue weighted by atomic mass is 10.0. The molecule has 2 rings (SSSR count). The van der Waals surface area contributed by atoms with Crippen LogP contribution in [0.3, 0.4) is 0 Å². The number of Topliss-reactive ketones (excluding diaryl/α,β-unsaturated/α-hetero) is 2. The predicted molar refractivity (Wildman–Crippen MR) is 66.8 cm³/mol. The largest absolute Gasteiger partial charge is 0.294 e. The van der Waals surface area contributed by atoms with Crippen LogP contribution < -0.4 is 0 Å². The standard InChI is InChI=1S/C12H8ClNO2S/c13-12-5-9(7-17-12)11(16)6-10(15)8-1-3-14-4-2-8/h1-5,7H,6H2. The summed E-state index contributed by atoms with van der Waals surface area (Å²) >= 11 is 7.01. The van der Waals surface area contributed by atoms with Gasteiger partial charge in [-0.05, 0) is 18.2 Å². The SMILES string of the molecule is O=C(CC(=O)c1csc(Cl)c1)c1ccncc1. The van der Waals surface area contributed by atoms with Crippen LogP contribution in [0.4, 0.5) is 0 Å². The summed E-state index contributed by atoms with van der Waals surface area (Å²) in [6.07, 6.45) is 2.91. The highest BCUT2D eigenvalue weighted by Gasteiger charge is 2.14. The van der Waals surface area contributed by atoms with Gasteiger partial charge in [0.25, 0.3) is 0 Å². The molecule has 0 aliphatic carbocycles. The van der Waals surface area contributed by atoms with Crippen LogP contribution in [0.25, 0.3) is 0 Å². The first kappa shape index (κ1) is 12.0. The number of hydrogen-bond acceptors (Lipinski definition) is 4. The van der Waals surface area contributed by atoms with E-state index in [1.165, 1.54) is 23.7 Å². The summed E-state index contributed by atoms with van der Waals surface area (Å²) in [5.41, 5.74) is 0.983. The number of carbonyl (C=O) groups is 2. The Balaban J connectivity index is 2.07. The van der Waals surface area contributed by atoms with Crippen LogP contribution in [0.2, 0.25) is 4.34 Å². The first-order valence-electron chi connectivity index (χ1n) is 4.87. The Morgan fingerprint density at radius 3 is 2.41 bits per heavy atom. The lowest BCUT2D eigenvalue weighted by Gasteiger charge is -1.98. The van der Waals surface area contributed by atoms with E-state index in [9.17, 15) is 9.59 Å². The average molecular weight is 266 g/mol. The van der Waals surface area contributed by atoms with Crippen molar-refractivity contribution >= 4 is 34.5 Å². The zero-order chi connectivity index (χ0) is 12.3. The fourth-order valence-electron chi connectivity index (χ4n) is 1.34. The number of nitrogens with zero attached hydrogens (tertiary/aromatic N) is 1. The Labute approximate surface area is 107 Å². The molecule has 0 aliphatic heterocycles. The van der Waals surface area contributed by atoms with Gasteiger partial charge in [0.1, 0.15) is 0 Å². The van der Waals surface area contributed by atoms with Crippen LogP contribution >= 0.6 is 22.9 Å². The molecule has 0 saturated heterocycles. The Morgan fingerprint density at radius 2 is 1.82 bits per heavy atom. The molecule has 0 unspecified atom stereocenters. The van der Waals surface area contributed by atoms with E-state index in [-0.39, 0.29) is 18.0 Å². The normalized spacial score (nSPS) is 10.2. The first-order chi connectivity index (χ1) is 8.16. The number of thiophene rings is 1. The topological polar surface area (TPSA) is 47.0 Å². The second-order valence-corrected chi connectivity index (χ2v) is 4.94. The number of aromatic nitrogens is 1. The van der Waals surface area contributed by atoms with Crippen LogP contribution in [-0.4, -0.2) is 16.6 Å². The molecule has 0 spiro atoms. The number of ketones is 2. The molecule has 0 N–H and O–H groups in total. The zero-order valence-electron chi connectivity index (χ0n) is 8.72. The number of pyridine rings is 1. The van der Waals surface area contributed by atoms with Gasteiger partial charge in [-0.1, -0.05) is 11.6 Å². The molecule has 17 heavy (non-hydrogen) atoms. The maximum atomic E-state index is 11.8. The highest BCUT2D eigenvalue weighted by atomic mass is 35.5. The fourth-order valence-corrected chi connectivity index (χ4v) is 2.23. The van der Waals surface area contributed by atoms with E-state index in [0.29, 0.717) is 15.5 Å². The smallest absolute Gasteiger partial charge is 0.171 e. The van der Waals surface area contributed by atoms with Crippen molar-refractivity contribution in [2.45, 2.75) is 6.42 Å². The first-order valence-corrected chi connectivity index (χ1v) is 6.13. The maximum Gasteiger partial charge on any atom is 0.171 e. The molecular formula is C12H8ClNO2S. The second kappa shape index (κ2) is 5.21. The molecule has 0 fully saturated rings. The summed E-state index contributed by atoms with van der Waals surface area (Å²) in [6.45, 7) is 0. The minimum absolute atomic E-state index is 0.142. The van der Waals surface area contributed by atoms with Crippen molar-refractivity contribution in [3.63, 3.8) is 0 Å². The van der Waals surface area contributed by atoms with Crippen LogP contribution in [-0.2, 0) is 0 Å². The van der Waals surface area contributed by atoms with Crippen molar-refractivity contribution in [3.05, 3.63) is 51.4 Å². The van der Waals surface area contributed by atoms with Gasteiger partial charge in [0.15, 0.2) is 11.6 Å². The monoisotopic (exact) mass is 265 g/mol. The Hall–Kier alpha value is -1.52. The van der Waals surface area contributed by atoms with E-state index in [0.717, 1.165) is 0 Å². The van der Waals surface area contributed by atoms with E-state index in [4.69, 9.17) is 11.6 Å². The molecule has 2 heterocycles. The van der Waals surface area contributed by atoms with E-state index >= 15 is 0 Å². The lowest BCUT2D eigenvalue weighted by molar-refractivity contribution is 0.0894. The summed E-state index contributed by atoms with van der Waals surface area (Å²) in [5.74, 6) is -0.422. The maximum absolute atomic E-state index is 11.8. The molecule has 5 heteroatoms. The molecule has 86 valence electrons. The third kappa shape index (κ3) is 2.99. The van der Waals surface area contributed by atoms with Crippen LogP contribution in [0, 0.1) is 0 Å². The van der Waals surface area contributed by atoms with E-state index < -0.39 is 0 Å². The summed E-state index contributed by atoms with van der Waals surface area (Å²) in [7, 11) is 0. The molecule has 0 saturated carbocycles. The van der Waals surface area contributed by atoms with Crippen molar-refractivity contribution in [3.8, 4) is 0 Å².